The Morgan fingerprint density at radius 2 is 1.75 bits per heavy atom. The number of thioether (sulfide) groups is 1. The monoisotopic (exact) mass is 426 g/mol. The second-order valence-corrected chi connectivity index (χ2v) is 8.15. The number of nitrogens with zero attached hydrogens (tertiary/aromatic N) is 2. The summed E-state index contributed by atoms with van der Waals surface area (Å²) in [5.74, 6) is 0.690. The van der Waals surface area contributed by atoms with E-state index in [4.69, 9.17) is 28.2 Å². The molecule has 6 heteroatoms. The summed E-state index contributed by atoms with van der Waals surface area (Å²) in [6, 6.07) is 20.6. The van der Waals surface area contributed by atoms with Crippen molar-refractivity contribution in [3.8, 4) is 5.69 Å². The molecule has 0 amide bonds. The fourth-order valence-corrected chi connectivity index (χ4v) is 4.44. The summed E-state index contributed by atoms with van der Waals surface area (Å²) in [4.78, 5) is 18.1. The molecule has 0 N–H and O–H groups in total. The van der Waals surface area contributed by atoms with Gasteiger partial charge in [-0.15, -0.1) is 0 Å². The Hall–Kier alpha value is -2.27. The molecule has 1 aromatic heterocycles. The maximum absolute atomic E-state index is 13.3. The number of para-hydroxylation sites is 1. The molecule has 0 atom stereocenters. The molecule has 0 aliphatic rings. The Morgan fingerprint density at radius 1 is 1.00 bits per heavy atom. The van der Waals surface area contributed by atoms with Gasteiger partial charge in [-0.1, -0.05) is 71.4 Å². The molecule has 0 bridgehead atoms. The molecular formula is C22H16Cl2N2OS. The second kappa shape index (κ2) is 8.00. The number of fused-ring (bicyclic) bond motifs is 1. The highest BCUT2D eigenvalue weighted by molar-refractivity contribution is 7.98. The molecule has 1 heterocycles. The van der Waals surface area contributed by atoms with E-state index in [0.717, 1.165) is 0 Å². The van der Waals surface area contributed by atoms with E-state index in [2.05, 4.69) is 19.1 Å². The van der Waals surface area contributed by atoms with Gasteiger partial charge in [0.1, 0.15) is 0 Å². The van der Waals surface area contributed by atoms with E-state index in [9.17, 15) is 4.79 Å². The Kier molecular flexibility index (Phi) is 5.44. The van der Waals surface area contributed by atoms with Gasteiger partial charge in [0.15, 0.2) is 5.16 Å². The van der Waals surface area contributed by atoms with Gasteiger partial charge in [0.25, 0.3) is 5.56 Å². The summed E-state index contributed by atoms with van der Waals surface area (Å²) in [6.07, 6.45) is 0. The summed E-state index contributed by atoms with van der Waals surface area (Å²) >= 11 is 14.1. The number of hydrogen-bond donors (Lipinski definition) is 0. The van der Waals surface area contributed by atoms with E-state index in [1.807, 2.05) is 30.3 Å². The molecule has 0 radical (unpaired) electrons. The summed E-state index contributed by atoms with van der Waals surface area (Å²) in [5.41, 5.74) is 3.42. The van der Waals surface area contributed by atoms with Crippen molar-refractivity contribution in [2.24, 2.45) is 0 Å². The van der Waals surface area contributed by atoms with Crippen LogP contribution in [0.1, 0.15) is 11.1 Å². The predicted molar refractivity (Wildman–Crippen MR) is 118 cm³/mol. The van der Waals surface area contributed by atoms with Gasteiger partial charge in [-0.25, -0.2) is 4.98 Å². The van der Waals surface area contributed by atoms with Crippen molar-refractivity contribution in [1.82, 2.24) is 9.55 Å². The lowest BCUT2D eigenvalue weighted by Crippen LogP contribution is -2.22. The molecule has 4 aromatic rings. The zero-order valence-electron chi connectivity index (χ0n) is 15.0. The molecule has 4 rings (SSSR count). The van der Waals surface area contributed by atoms with Gasteiger partial charge in [-0.2, -0.15) is 0 Å². The van der Waals surface area contributed by atoms with Crippen molar-refractivity contribution >= 4 is 45.9 Å². The number of hydrogen-bond acceptors (Lipinski definition) is 3. The van der Waals surface area contributed by atoms with Crippen LogP contribution >= 0.6 is 35.0 Å². The maximum atomic E-state index is 13.3. The number of aryl methyl sites for hydroxylation is 1. The molecule has 0 spiro atoms. The van der Waals surface area contributed by atoms with E-state index < -0.39 is 0 Å². The average molecular weight is 427 g/mol. The fourth-order valence-electron chi connectivity index (χ4n) is 2.99. The zero-order chi connectivity index (χ0) is 19.7. The molecule has 140 valence electrons. The van der Waals surface area contributed by atoms with Gasteiger partial charge in [0.2, 0.25) is 0 Å². The van der Waals surface area contributed by atoms with Crippen LogP contribution in [0.25, 0.3) is 16.6 Å². The SMILES string of the molecule is Cc1ccccc1CSc1nc2ccccc2c(=O)n1-c1cc(Cl)ccc1Cl. The minimum Gasteiger partial charge on any atom is -0.268 e. The summed E-state index contributed by atoms with van der Waals surface area (Å²) in [5, 5.41) is 2.07. The standard InChI is InChI=1S/C22H16Cl2N2OS/c1-14-6-2-3-7-15(14)13-28-22-25-19-9-5-4-8-17(19)21(27)26(22)20-12-16(23)10-11-18(20)24/h2-12H,13H2,1H3. The smallest absolute Gasteiger partial charge is 0.266 e. The highest BCUT2D eigenvalue weighted by atomic mass is 35.5. The van der Waals surface area contributed by atoms with Crippen LogP contribution in [0.15, 0.2) is 76.7 Å². The van der Waals surface area contributed by atoms with Crippen LogP contribution in [0.3, 0.4) is 0 Å². The number of rotatable bonds is 4. The third-order valence-corrected chi connectivity index (χ3v) is 6.05. The molecule has 3 nitrogen and oxygen atoms in total. The Bertz CT molecular complexity index is 1240. The molecule has 0 aliphatic heterocycles. The van der Waals surface area contributed by atoms with Gasteiger partial charge in [-0.05, 0) is 48.4 Å². The lowest BCUT2D eigenvalue weighted by Gasteiger charge is -2.15. The summed E-state index contributed by atoms with van der Waals surface area (Å²) in [7, 11) is 0. The van der Waals surface area contributed by atoms with Gasteiger partial charge in [0, 0.05) is 10.8 Å². The summed E-state index contributed by atoms with van der Waals surface area (Å²) in [6.45, 7) is 2.07. The number of aromatic nitrogens is 2. The van der Waals surface area contributed by atoms with Gasteiger partial charge in [-0.3, -0.25) is 9.36 Å². The highest BCUT2D eigenvalue weighted by Crippen LogP contribution is 2.30. The van der Waals surface area contributed by atoms with Crippen LogP contribution in [-0.4, -0.2) is 9.55 Å². The Balaban J connectivity index is 1.90. The van der Waals surface area contributed by atoms with E-state index >= 15 is 0 Å². The molecular weight excluding hydrogens is 411 g/mol. The topological polar surface area (TPSA) is 34.9 Å². The lowest BCUT2D eigenvalue weighted by molar-refractivity contribution is 0.820. The van der Waals surface area contributed by atoms with Crippen molar-refractivity contribution < 1.29 is 0 Å². The molecule has 0 aliphatic carbocycles. The highest BCUT2D eigenvalue weighted by Gasteiger charge is 2.16. The predicted octanol–water partition coefficient (Wildman–Crippen LogP) is 6.29. The lowest BCUT2D eigenvalue weighted by atomic mass is 10.1. The number of halogens is 2. The first kappa shape index (κ1) is 19.1. The van der Waals surface area contributed by atoms with Crippen LogP contribution in [-0.2, 0) is 5.75 Å². The Labute approximate surface area is 176 Å². The van der Waals surface area contributed by atoms with Gasteiger partial charge < -0.3 is 0 Å². The van der Waals surface area contributed by atoms with E-state index in [0.29, 0.717) is 37.5 Å². The molecule has 0 fully saturated rings. The molecule has 0 saturated heterocycles. The van der Waals surface area contributed by atoms with E-state index in [1.165, 1.54) is 22.9 Å². The second-order valence-electron chi connectivity index (χ2n) is 6.36. The van der Waals surface area contributed by atoms with Gasteiger partial charge in [0.05, 0.1) is 21.6 Å². The first-order valence-corrected chi connectivity index (χ1v) is 10.4. The van der Waals surface area contributed by atoms with Crippen molar-refractivity contribution in [3.05, 3.63) is 98.3 Å². The van der Waals surface area contributed by atoms with Crippen LogP contribution in [0, 0.1) is 6.92 Å². The first-order chi connectivity index (χ1) is 13.5. The van der Waals surface area contributed by atoms with Crippen LogP contribution in [0.5, 0.6) is 0 Å². The Morgan fingerprint density at radius 3 is 2.57 bits per heavy atom. The average Bonchev–Trinajstić information content (AvgIpc) is 2.70. The van der Waals surface area contributed by atoms with Gasteiger partial charge >= 0.3 is 0 Å². The fraction of sp³-hybridized carbons (Fsp3) is 0.0909. The third-order valence-electron chi connectivity index (χ3n) is 4.51. The van der Waals surface area contributed by atoms with Crippen LogP contribution < -0.4 is 5.56 Å². The maximum Gasteiger partial charge on any atom is 0.266 e. The first-order valence-electron chi connectivity index (χ1n) is 8.69. The normalized spacial score (nSPS) is 11.1. The van der Waals surface area contributed by atoms with Crippen molar-refractivity contribution in [2.45, 2.75) is 17.8 Å². The van der Waals surface area contributed by atoms with Crippen molar-refractivity contribution in [3.63, 3.8) is 0 Å². The van der Waals surface area contributed by atoms with Crippen LogP contribution in [0.2, 0.25) is 10.0 Å². The van der Waals surface area contributed by atoms with Crippen LogP contribution in [0.4, 0.5) is 0 Å². The largest absolute Gasteiger partial charge is 0.268 e. The quantitative estimate of drug-likeness (QED) is 0.284. The van der Waals surface area contributed by atoms with E-state index in [1.54, 1.807) is 28.8 Å². The summed E-state index contributed by atoms with van der Waals surface area (Å²) < 4.78 is 1.56. The zero-order valence-corrected chi connectivity index (χ0v) is 17.4. The van der Waals surface area contributed by atoms with Crippen molar-refractivity contribution in [2.75, 3.05) is 0 Å². The molecule has 0 saturated carbocycles. The third kappa shape index (κ3) is 3.68. The minimum absolute atomic E-state index is 0.165. The minimum atomic E-state index is -0.165. The molecule has 3 aromatic carbocycles. The number of benzene rings is 3. The van der Waals surface area contributed by atoms with E-state index in [-0.39, 0.29) is 5.56 Å². The molecule has 0 unspecified atom stereocenters. The van der Waals surface area contributed by atoms with Crippen molar-refractivity contribution in [1.29, 1.82) is 0 Å². The molecule has 28 heavy (non-hydrogen) atoms.